The minimum atomic E-state index is -4.96. The van der Waals surface area contributed by atoms with Crippen LogP contribution in [0.2, 0.25) is 5.02 Å². The van der Waals surface area contributed by atoms with Gasteiger partial charge in [-0.3, -0.25) is 14.3 Å². The van der Waals surface area contributed by atoms with E-state index >= 15 is 0 Å². The number of hydrogen-bond acceptors (Lipinski definition) is 8. The molecule has 3 N–H and O–H groups in total. The number of nitrogens with one attached hydrogen (secondary N) is 2. The van der Waals surface area contributed by atoms with Crippen molar-refractivity contribution < 1.29 is 23.1 Å². The summed E-state index contributed by atoms with van der Waals surface area (Å²) in [6.07, 6.45) is -4.65. The number of carbonyl (C=O) groups is 1. The molecule has 1 amide bonds. The number of halogens is 4. The van der Waals surface area contributed by atoms with Crippen LogP contribution in [0.15, 0.2) is 47.5 Å². The van der Waals surface area contributed by atoms with E-state index in [1.807, 2.05) is 0 Å². The van der Waals surface area contributed by atoms with Gasteiger partial charge >= 0.3 is 11.9 Å². The van der Waals surface area contributed by atoms with Crippen LogP contribution < -0.4 is 16.3 Å². The number of carbonyl (C=O) groups excluding carboxylic acids is 1. The molecule has 212 valence electrons. The highest BCUT2D eigenvalue weighted by Gasteiger charge is 2.39. The number of pyridine rings is 1. The molecule has 0 saturated heterocycles. The van der Waals surface area contributed by atoms with Crippen molar-refractivity contribution >= 4 is 23.2 Å². The zero-order chi connectivity index (χ0) is 29.2. The molecule has 40 heavy (non-hydrogen) atoms. The van der Waals surface area contributed by atoms with E-state index in [9.17, 15) is 27.9 Å². The van der Waals surface area contributed by atoms with Gasteiger partial charge in [0, 0.05) is 30.8 Å². The first-order valence-electron chi connectivity index (χ1n) is 11.9. The second-order valence-corrected chi connectivity index (χ2v) is 9.24. The molecule has 0 aliphatic carbocycles. The van der Waals surface area contributed by atoms with Gasteiger partial charge in [0.15, 0.2) is 23.6 Å². The van der Waals surface area contributed by atoms with Crippen molar-refractivity contribution in [3.63, 3.8) is 0 Å². The Morgan fingerprint density at radius 3 is 2.50 bits per heavy atom. The minimum Gasteiger partial charge on any atom is -0.386 e. The lowest BCUT2D eigenvalue weighted by molar-refractivity contribution is -0.207. The van der Waals surface area contributed by atoms with Crippen molar-refractivity contribution in [1.29, 1.82) is 0 Å². The molecule has 1 aromatic carbocycles. The molecule has 0 radical (unpaired) electrons. The molecule has 0 saturated carbocycles. The van der Waals surface area contributed by atoms with Gasteiger partial charge in [0.25, 0.3) is 0 Å². The van der Waals surface area contributed by atoms with E-state index in [2.05, 4.69) is 30.8 Å². The number of alkyl halides is 3. The van der Waals surface area contributed by atoms with Crippen LogP contribution in [0, 0.1) is 0 Å². The maximum Gasteiger partial charge on any atom is 0.416 e. The standard InChI is InChI=1S/C24H25ClF3N9O3/c1-13(31-14(2)38)21-32-20(33-37(21)18-10-30-9-8-17(18)29-3)12-36-23(40)35(11-19(39)24(26,27)28)22(34-36)15-4-6-16(25)7-5-15/h4-10,13,19,39H,11-12H2,1-3H3,(H,29,30)(H,31,38). The summed E-state index contributed by atoms with van der Waals surface area (Å²) >= 11 is 5.94. The van der Waals surface area contributed by atoms with Crippen molar-refractivity contribution in [2.24, 2.45) is 0 Å². The molecule has 0 aliphatic rings. The van der Waals surface area contributed by atoms with Gasteiger partial charge in [0.1, 0.15) is 12.2 Å². The van der Waals surface area contributed by atoms with E-state index in [4.69, 9.17) is 11.6 Å². The molecule has 16 heteroatoms. The van der Waals surface area contributed by atoms with E-state index in [0.717, 1.165) is 9.25 Å². The first kappa shape index (κ1) is 28.8. The van der Waals surface area contributed by atoms with Gasteiger partial charge in [0.2, 0.25) is 5.91 Å². The predicted octanol–water partition coefficient (Wildman–Crippen LogP) is 2.55. The maximum absolute atomic E-state index is 13.3. The van der Waals surface area contributed by atoms with Crippen LogP contribution in [0.4, 0.5) is 18.9 Å². The van der Waals surface area contributed by atoms with E-state index in [-0.39, 0.29) is 24.1 Å². The summed E-state index contributed by atoms with van der Waals surface area (Å²) in [5.74, 6) is -0.0214. The number of hydrogen-bond donors (Lipinski definition) is 3. The molecular formula is C24H25ClF3N9O3. The summed E-state index contributed by atoms with van der Waals surface area (Å²) in [4.78, 5) is 33.6. The molecule has 0 fully saturated rings. The average molecular weight is 580 g/mol. The minimum absolute atomic E-state index is 0.0869. The molecule has 3 aromatic heterocycles. The topological polar surface area (TPSA) is 145 Å². The Labute approximate surface area is 230 Å². The Morgan fingerprint density at radius 2 is 1.88 bits per heavy atom. The average Bonchev–Trinajstić information content (AvgIpc) is 3.45. The fraction of sp³-hybridized carbons (Fsp3) is 0.333. The fourth-order valence-electron chi connectivity index (χ4n) is 3.96. The predicted molar refractivity (Wildman–Crippen MR) is 139 cm³/mol. The first-order valence-corrected chi connectivity index (χ1v) is 12.3. The van der Waals surface area contributed by atoms with Gasteiger partial charge in [0.05, 0.1) is 24.5 Å². The third-order valence-electron chi connectivity index (χ3n) is 5.83. The number of aliphatic hydroxyl groups excluding tert-OH is 1. The number of rotatable bonds is 9. The van der Waals surface area contributed by atoms with Gasteiger partial charge in [-0.15, -0.1) is 10.2 Å². The highest BCUT2D eigenvalue weighted by molar-refractivity contribution is 6.30. The van der Waals surface area contributed by atoms with Crippen LogP contribution in [0.25, 0.3) is 17.1 Å². The summed E-state index contributed by atoms with van der Waals surface area (Å²) in [5, 5.41) is 24.6. The van der Waals surface area contributed by atoms with Crippen molar-refractivity contribution in [2.45, 2.75) is 45.3 Å². The fourth-order valence-corrected chi connectivity index (χ4v) is 4.09. The number of amides is 1. The van der Waals surface area contributed by atoms with E-state index in [1.54, 1.807) is 26.2 Å². The van der Waals surface area contributed by atoms with E-state index in [0.29, 0.717) is 27.8 Å². The van der Waals surface area contributed by atoms with Crippen LogP contribution in [0.3, 0.4) is 0 Å². The van der Waals surface area contributed by atoms with Gasteiger partial charge in [-0.1, -0.05) is 11.6 Å². The lowest BCUT2D eigenvalue weighted by atomic mass is 10.2. The Hall–Kier alpha value is -4.24. The van der Waals surface area contributed by atoms with Crippen LogP contribution in [-0.4, -0.2) is 64.4 Å². The number of aromatic nitrogens is 7. The van der Waals surface area contributed by atoms with Crippen molar-refractivity contribution in [1.82, 2.24) is 39.4 Å². The Bertz CT molecular complexity index is 1560. The molecule has 4 rings (SSSR count). The molecule has 0 bridgehead atoms. The lowest BCUT2D eigenvalue weighted by Gasteiger charge is -2.15. The molecular weight excluding hydrogens is 555 g/mol. The second-order valence-electron chi connectivity index (χ2n) is 8.80. The molecule has 2 unspecified atom stereocenters. The monoisotopic (exact) mass is 579 g/mol. The smallest absolute Gasteiger partial charge is 0.386 e. The molecule has 4 aromatic rings. The van der Waals surface area contributed by atoms with Crippen LogP contribution in [-0.2, 0) is 17.9 Å². The summed E-state index contributed by atoms with van der Waals surface area (Å²) in [6, 6.07) is 7.08. The van der Waals surface area contributed by atoms with Gasteiger partial charge in [-0.05, 0) is 37.3 Å². The Balaban J connectivity index is 1.80. The van der Waals surface area contributed by atoms with Crippen molar-refractivity contribution in [3.05, 3.63) is 69.9 Å². The number of nitrogens with zero attached hydrogens (tertiary/aromatic N) is 7. The van der Waals surface area contributed by atoms with Gasteiger partial charge in [-0.2, -0.15) is 13.2 Å². The summed E-state index contributed by atoms with van der Waals surface area (Å²) in [7, 11) is 1.70. The lowest BCUT2D eigenvalue weighted by Crippen LogP contribution is -2.37. The zero-order valence-corrected chi connectivity index (χ0v) is 22.3. The largest absolute Gasteiger partial charge is 0.416 e. The Kier molecular flexibility index (Phi) is 8.25. The molecule has 3 heterocycles. The van der Waals surface area contributed by atoms with Crippen LogP contribution in [0.5, 0.6) is 0 Å². The molecule has 0 spiro atoms. The summed E-state index contributed by atoms with van der Waals surface area (Å²) in [5.41, 5.74) is 0.541. The van der Waals surface area contributed by atoms with Crippen LogP contribution in [0.1, 0.15) is 31.5 Å². The third kappa shape index (κ3) is 6.15. The normalized spacial score (nSPS) is 13.2. The number of benzene rings is 1. The highest BCUT2D eigenvalue weighted by Crippen LogP contribution is 2.25. The van der Waals surface area contributed by atoms with Gasteiger partial charge in [-0.25, -0.2) is 19.1 Å². The summed E-state index contributed by atoms with van der Waals surface area (Å²) in [6.45, 7) is 1.64. The van der Waals surface area contributed by atoms with Gasteiger partial charge < -0.3 is 15.7 Å². The summed E-state index contributed by atoms with van der Waals surface area (Å²) < 4.78 is 42.6. The zero-order valence-electron chi connectivity index (χ0n) is 21.5. The first-order chi connectivity index (χ1) is 18.9. The van der Waals surface area contributed by atoms with Crippen molar-refractivity contribution in [2.75, 3.05) is 12.4 Å². The second kappa shape index (κ2) is 11.5. The molecule has 0 aliphatic heterocycles. The van der Waals surface area contributed by atoms with Crippen LogP contribution >= 0.6 is 11.6 Å². The molecule has 12 nitrogen and oxygen atoms in total. The number of aliphatic hydroxyl groups is 1. The quantitative estimate of drug-likeness (QED) is 0.274. The highest BCUT2D eigenvalue weighted by atomic mass is 35.5. The Morgan fingerprint density at radius 1 is 1.18 bits per heavy atom. The van der Waals surface area contributed by atoms with E-state index < -0.39 is 30.6 Å². The third-order valence-corrected chi connectivity index (χ3v) is 6.08. The maximum atomic E-state index is 13.3. The number of anilines is 1. The SMILES string of the molecule is CNc1ccncc1-n1nc(Cn2nc(-c3ccc(Cl)cc3)n(CC(O)C(F)(F)F)c2=O)nc1C(C)NC(C)=O. The van der Waals surface area contributed by atoms with Crippen molar-refractivity contribution in [3.8, 4) is 17.1 Å². The molecule has 2 atom stereocenters. The van der Waals surface area contributed by atoms with E-state index in [1.165, 1.54) is 42.1 Å².